The number of benzene rings is 3. The SMILES string of the molecule is CCCCCCOc1ccc(CC(CN)c2cccc3ccccc23)cc1.Cl. The molecule has 3 heteroatoms. The molecule has 0 aliphatic rings. The minimum atomic E-state index is 0. The standard InChI is InChI=1S/C25H31NO.ClH/c1-2-3-4-7-17-27-23-15-13-20(14-16-23)18-22(19-26)25-12-8-10-21-9-5-6-11-24(21)25;/h5-6,8-16,22H,2-4,7,17-19,26H2,1H3;1H. The molecule has 1 atom stereocenters. The second kappa shape index (κ2) is 11.7. The summed E-state index contributed by atoms with van der Waals surface area (Å²) in [6.45, 7) is 3.68. The van der Waals surface area contributed by atoms with Gasteiger partial charge in [-0.1, -0.05) is 80.8 Å². The summed E-state index contributed by atoms with van der Waals surface area (Å²) >= 11 is 0. The topological polar surface area (TPSA) is 35.2 Å². The van der Waals surface area contributed by atoms with Crippen LogP contribution in [-0.2, 0) is 6.42 Å². The largest absolute Gasteiger partial charge is 0.494 e. The van der Waals surface area contributed by atoms with E-state index in [2.05, 4.69) is 73.7 Å². The zero-order valence-electron chi connectivity index (χ0n) is 16.8. The molecule has 0 fully saturated rings. The predicted molar refractivity (Wildman–Crippen MR) is 123 cm³/mol. The van der Waals surface area contributed by atoms with E-state index in [1.807, 2.05) is 0 Å². The minimum Gasteiger partial charge on any atom is -0.494 e. The molecule has 0 bridgehead atoms. The molecular formula is C25H32ClNO. The molecule has 0 radical (unpaired) electrons. The number of unbranched alkanes of at least 4 members (excludes halogenated alkanes) is 3. The number of ether oxygens (including phenoxy) is 1. The lowest BCUT2D eigenvalue weighted by Crippen LogP contribution is -2.15. The predicted octanol–water partition coefficient (Wildman–Crippen LogP) is 6.51. The smallest absolute Gasteiger partial charge is 0.119 e. The van der Waals surface area contributed by atoms with Crippen LogP contribution in [0.3, 0.4) is 0 Å². The van der Waals surface area contributed by atoms with Gasteiger partial charge in [-0.25, -0.2) is 0 Å². The maximum absolute atomic E-state index is 6.15. The lowest BCUT2D eigenvalue weighted by molar-refractivity contribution is 0.305. The highest BCUT2D eigenvalue weighted by Gasteiger charge is 2.13. The summed E-state index contributed by atoms with van der Waals surface area (Å²) in [5, 5.41) is 2.59. The Morgan fingerprint density at radius 2 is 1.61 bits per heavy atom. The van der Waals surface area contributed by atoms with Crippen molar-refractivity contribution in [1.29, 1.82) is 0 Å². The average molecular weight is 398 g/mol. The third-order valence-corrected chi connectivity index (χ3v) is 5.22. The molecule has 1 unspecified atom stereocenters. The van der Waals surface area contributed by atoms with Gasteiger partial charge in [0.2, 0.25) is 0 Å². The molecule has 0 amide bonds. The monoisotopic (exact) mass is 397 g/mol. The first-order valence-electron chi connectivity index (χ1n) is 10.2. The van der Waals surface area contributed by atoms with Crippen molar-refractivity contribution in [2.45, 2.75) is 44.9 Å². The van der Waals surface area contributed by atoms with E-state index in [0.29, 0.717) is 12.5 Å². The van der Waals surface area contributed by atoms with Gasteiger partial charge < -0.3 is 10.5 Å². The second-order valence-corrected chi connectivity index (χ2v) is 7.26. The van der Waals surface area contributed by atoms with Gasteiger partial charge in [-0.15, -0.1) is 12.4 Å². The van der Waals surface area contributed by atoms with Crippen molar-refractivity contribution >= 4 is 23.2 Å². The molecule has 2 N–H and O–H groups in total. The molecule has 0 saturated carbocycles. The van der Waals surface area contributed by atoms with E-state index in [1.165, 1.54) is 41.2 Å². The summed E-state index contributed by atoms with van der Waals surface area (Å²) in [6.07, 6.45) is 5.87. The Labute approximate surface area is 175 Å². The van der Waals surface area contributed by atoms with Crippen LogP contribution in [0.25, 0.3) is 10.8 Å². The Kier molecular flexibility index (Phi) is 9.33. The summed E-state index contributed by atoms with van der Waals surface area (Å²) in [4.78, 5) is 0. The molecule has 0 aliphatic carbocycles. The van der Waals surface area contributed by atoms with Gasteiger partial charge in [0.25, 0.3) is 0 Å². The Morgan fingerprint density at radius 1 is 0.857 bits per heavy atom. The van der Waals surface area contributed by atoms with Gasteiger partial charge in [-0.2, -0.15) is 0 Å². The van der Waals surface area contributed by atoms with Crippen molar-refractivity contribution in [3.05, 3.63) is 77.9 Å². The van der Waals surface area contributed by atoms with Crippen molar-refractivity contribution in [1.82, 2.24) is 0 Å². The molecule has 0 aliphatic heterocycles. The lowest BCUT2D eigenvalue weighted by atomic mass is 9.88. The van der Waals surface area contributed by atoms with Crippen LogP contribution in [-0.4, -0.2) is 13.2 Å². The van der Waals surface area contributed by atoms with Gasteiger partial charge >= 0.3 is 0 Å². The normalized spacial score (nSPS) is 11.8. The van der Waals surface area contributed by atoms with E-state index >= 15 is 0 Å². The van der Waals surface area contributed by atoms with Crippen molar-refractivity contribution in [3.63, 3.8) is 0 Å². The number of nitrogens with two attached hydrogens (primary N) is 1. The number of hydrogen-bond acceptors (Lipinski definition) is 2. The summed E-state index contributed by atoms with van der Waals surface area (Å²) in [6, 6.07) is 23.6. The highest BCUT2D eigenvalue weighted by atomic mass is 35.5. The van der Waals surface area contributed by atoms with Gasteiger partial charge in [0.1, 0.15) is 5.75 Å². The molecule has 0 spiro atoms. The van der Waals surface area contributed by atoms with Crippen LogP contribution in [0.1, 0.15) is 49.7 Å². The van der Waals surface area contributed by atoms with Crippen molar-refractivity contribution in [2.75, 3.05) is 13.2 Å². The molecule has 2 nitrogen and oxygen atoms in total. The first-order valence-corrected chi connectivity index (χ1v) is 10.2. The molecule has 0 heterocycles. The van der Waals surface area contributed by atoms with E-state index < -0.39 is 0 Å². The molecule has 0 saturated heterocycles. The number of rotatable bonds is 10. The van der Waals surface area contributed by atoms with Crippen LogP contribution in [0.15, 0.2) is 66.7 Å². The Bertz CT molecular complexity index is 826. The minimum absolute atomic E-state index is 0. The van der Waals surface area contributed by atoms with Crippen LogP contribution in [0.4, 0.5) is 0 Å². The maximum Gasteiger partial charge on any atom is 0.119 e. The first-order chi connectivity index (χ1) is 13.3. The van der Waals surface area contributed by atoms with E-state index in [-0.39, 0.29) is 12.4 Å². The summed E-state index contributed by atoms with van der Waals surface area (Å²) in [7, 11) is 0. The molecule has 3 rings (SSSR count). The van der Waals surface area contributed by atoms with Gasteiger partial charge in [-0.3, -0.25) is 0 Å². The quantitative estimate of drug-likeness (QED) is 0.396. The fraction of sp³-hybridized carbons (Fsp3) is 0.360. The Hall–Kier alpha value is -2.03. The highest BCUT2D eigenvalue weighted by molar-refractivity contribution is 5.86. The molecule has 28 heavy (non-hydrogen) atoms. The van der Waals surface area contributed by atoms with Gasteiger partial charge in [0.05, 0.1) is 6.61 Å². The second-order valence-electron chi connectivity index (χ2n) is 7.26. The van der Waals surface area contributed by atoms with Crippen molar-refractivity contribution in [2.24, 2.45) is 5.73 Å². The zero-order valence-corrected chi connectivity index (χ0v) is 17.6. The Balaban J connectivity index is 0.00000280. The van der Waals surface area contributed by atoms with Crippen LogP contribution >= 0.6 is 12.4 Å². The Morgan fingerprint density at radius 3 is 2.36 bits per heavy atom. The third kappa shape index (κ3) is 5.98. The summed E-state index contributed by atoms with van der Waals surface area (Å²) < 4.78 is 5.86. The fourth-order valence-electron chi connectivity index (χ4n) is 3.65. The van der Waals surface area contributed by atoms with Gasteiger partial charge in [-0.05, 0) is 53.4 Å². The first kappa shape index (κ1) is 22.3. The summed E-state index contributed by atoms with van der Waals surface area (Å²) in [5.41, 5.74) is 8.80. The third-order valence-electron chi connectivity index (χ3n) is 5.22. The maximum atomic E-state index is 6.15. The van der Waals surface area contributed by atoms with E-state index in [1.54, 1.807) is 0 Å². The van der Waals surface area contributed by atoms with Gasteiger partial charge in [0, 0.05) is 5.92 Å². The number of hydrogen-bond donors (Lipinski definition) is 1. The van der Waals surface area contributed by atoms with Gasteiger partial charge in [0.15, 0.2) is 0 Å². The van der Waals surface area contributed by atoms with E-state index in [9.17, 15) is 0 Å². The van der Waals surface area contributed by atoms with Crippen molar-refractivity contribution in [3.8, 4) is 5.75 Å². The van der Waals surface area contributed by atoms with Crippen LogP contribution in [0, 0.1) is 0 Å². The van der Waals surface area contributed by atoms with Crippen LogP contribution in [0.2, 0.25) is 0 Å². The highest BCUT2D eigenvalue weighted by Crippen LogP contribution is 2.28. The summed E-state index contributed by atoms with van der Waals surface area (Å²) in [5.74, 6) is 1.28. The van der Waals surface area contributed by atoms with Crippen molar-refractivity contribution < 1.29 is 4.74 Å². The van der Waals surface area contributed by atoms with Crippen LogP contribution in [0.5, 0.6) is 5.75 Å². The lowest BCUT2D eigenvalue weighted by Gasteiger charge is -2.18. The zero-order chi connectivity index (χ0) is 18.9. The molecule has 3 aromatic carbocycles. The molecule has 3 aromatic rings. The fourth-order valence-corrected chi connectivity index (χ4v) is 3.65. The van der Waals surface area contributed by atoms with E-state index in [4.69, 9.17) is 10.5 Å². The molecule has 150 valence electrons. The van der Waals surface area contributed by atoms with E-state index in [0.717, 1.165) is 25.2 Å². The average Bonchev–Trinajstić information content (AvgIpc) is 2.72. The number of halogens is 1. The van der Waals surface area contributed by atoms with Crippen LogP contribution < -0.4 is 10.5 Å². The molecular weight excluding hydrogens is 366 g/mol. The number of fused-ring (bicyclic) bond motifs is 1. The molecule has 0 aromatic heterocycles.